The second-order valence-electron chi connectivity index (χ2n) is 11.6. The molecule has 2 aromatic rings. The number of anilines is 1. The van der Waals surface area contributed by atoms with E-state index in [1.807, 2.05) is 0 Å². The fraction of sp³-hybridized carbons (Fsp3) is 0.567. The number of hydrogen-bond donors (Lipinski definition) is 2. The van der Waals surface area contributed by atoms with Gasteiger partial charge in [-0.15, -0.1) is 0 Å². The van der Waals surface area contributed by atoms with Crippen molar-refractivity contribution in [3.05, 3.63) is 70.1 Å². The van der Waals surface area contributed by atoms with Crippen LogP contribution in [0.5, 0.6) is 0 Å². The van der Waals surface area contributed by atoms with Gasteiger partial charge in [-0.25, -0.2) is 4.98 Å². The van der Waals surface area contributed by atoms with Crippen LogP contribution in [0.4, 0.5) is 5.82 Å². The third-order valence-electron chi connectivity index (χ3n) is 9.10. The summed E-state index contributed by atoms with van der Waals surface area (Å²) in [6, 6.07) is 8.85. The lowest BCUT2D eigenvalue weighted by molar-refractivity contribution is -1.04. The lowest BCUT2D eigenvalue weighted by Crippen LogP contribution is -2.74. The Labute approximate surface area is 214 Å². The molecular weight excluding hydrogens is 450 g/mol. The molecule has 1 spiro atoms. The molecule has 0 radical (unpaired) electrons. The Hall–Kier alpha value is -2.41. The van der Waals surface area contributed by atoms with Crippen molar-refractivity contribution in [2.75, 3.05) is 38.2 Å². The monoisotopic (exact) mass is 490 g/mol. The van der Waals surface area contributed by atoms with Crippen LogP contribution in [0.1, 0.15) is 72.2 Å². The van der Waals surface area contributed by atoms with Crippen molar-refractivity contribution < 1.29 is 19.1 Å². The van der Waals surface area contributed by atoms with Gasteiger partial charge in [0.2, 0.25) is 0 Å². The molecule has 1 aromatic heterocycles. The van der Waals surface area contributed by atoms with Crippen LogP contribution in [0.15, 0.2) is 36.6 Å². The molecule has 0 saturated carbocycles. The maximum atomic E-state index is 10.7. The molecule has 0 amide bonds. The molecular formula is C30H40N3O3+. The number of aliphatic hydroxyl groups excluding tert-OH is 1. The molecule has 2 unspecified atom stereocenters. The van der Waals surface area contributed by atoms with Gasteiger partial charge >= 0.3 is 0 Å². The number of nitrogens with zero attached hydrogens (tertiary/aromatic N) is 2. The number of nitrogens with one attached hydrogen (secondary N) is 1. The molecule has 6 heteroatoms. The van der Waals surface area contributed by atoms with Gasteiger partial charge in [-0.3, -0.25) is 4.48 Å². The Morgan fingerprint density at radius 1 is 1.25 bits per heavy atom. The van der Waals surface area contributed by atoms with E-state index in [2.05, 4.69) is 50.0 Å². The second-order valence-corrected chi connectivity index (χ2v) is 11.6. The van der Waals surface area contributed by atoms with E-state index in [0.717, 1.165) is 68.6 Å². The van der Waals surface area contributed by atoms with Crippen LogP contribution in [0.3, 0.4) is 0 Å². The molecule has 4 aliphatic rings. The molecule has 1 fully saturated rings. The molecule has 0 aliphatic carbocycles. The maximum absolute atomic E-state index is 10.7. The Bertz CT molecular complexity index is 1170. The number of hydrogen-bond acceptors (Lipinski definition) is 5. The van der Waals surface area contributed by atoms with E-state index in [4.69, 9.17) is 14.5 Å². The highest BCUT2D eigenvalue weighted by atomic mass is 16.5. The van der Waals surface area contributed by atoms with Gasteiger partial charge in [0.15, 0.2) is 12.1 Å². The zero-order chi connectivity index (χ0) is 24.9. The van der Waals surface area contributed by atoms with Crippen molar-refractivity contribution in [1.82, 2.24) is 4.98 Å². The molecule has 2 N–H and O–H groups in total. The standard InChI is InChI=1S/C30H39N3O3/c1-20-14-23-18-35-19-30(3)27(23)26(15-20)28(21(2)34)33(30)16-25(17-33)36-13-6-4-5-9-24-11-10-22-8-7-12-31-29(22)32-24/h10-11,14-15,25,28H,2,4-9,12-13,16-19H2,1,3H3,(H-,31,32,34)/p+1. The maximum Gasteiger partial charge on any atom is 0.173 e. The van der Waals surface area contributed by atoms with E-state index >= 15 is 0 Å². The predicted molar refractivity (Wildman–Crippen MR) is 141 cm³/mol. The third kappa shape index (κ3) is 3.77. The number of pyridine rings is 1. The predicted octanol–water partition coefficient (Wildman–Crippen LogP) is 5.25. The lowest BCUT2D eigenvalue weighted by Gasteiger charge is -2.59. The minimum Gasteiger partial charge on any atom is -0.506 e. The van der Waals surface area contributed by atoms with Gasteiger partial charge in [-0.1, -0.05) is 30.7 Å². The van der Waals surface area contributed by atoms with Crippen LogP contribution in [-0.4, -0.2) is 53.5 Å². The van der Waals surface area contributed by atoms with Gasteiger partial charge in [0.05, 0.1) is 6.61 Å². The Morgan fingerprint density at radius 3 is 2.94 bits per heavy atom. The minimum absolute atomic E-state index is 0.0937. The SMILES string of the molecule is C=C(O)C1c2cc(C)cc3c2C(C)(COC3)[N+]12CC(OCCCCCc1ccc3c(n1)NCCC3)C2. The van der Waals surface area contributed by atoms with Crippen LogP contribution in [0, 0.1) is 6.92 Å². The highest BCUT2D eigenvalue weighted by Gasteiger charge is 2.69. The molecule has 36 heavy (non-hydrogen) atoms. The summed E-state index contributed by atoms with van der Waals surface area (Å²) in [5.41, 5.74) is 7.50. The minimum atomic E-state index is -0.163. The molecule has 1 saturated heterocycles. The van der Waals surface area contributed by atoms with E-state index < -0.39 is 0 Å². The number of aryl methyl sites for hydroxylation is 3. The van der Waals surface area contributed by atoms with E-state index in [9.17, 15) is 5.11 Å². The van der Waals surface area contributed by atoms with Gasteiger partial charge in [0.1, 0.15) is 36.8 Å². The topological polar surface area (TPSA) is 63.6 Å². The Balaban J connectivity index is 1.03. The van der Waals surface area contributed by atoms with Gasteiger partial charge in [-0.2, -0.15) is 0 Å². The smallest absolute Gasteiger partial charge is 0.173 e. The zero-order valence-corrected chi connectivity index (χ0v) is 21.8. The van der Waals surface area contributed by atoms with Gasteiger partial charge in [0.25, 0.3) is 0 Å². The van der Waals surface area contributed by atoms with Crippen molar-refractivity contribution in [1.29, 1.82) is 0 Å². The summed E-state index contributed by atoms with van der Waals surface area (Å²) >= 11 is 0. The molecule has 6 rings (SSSR count). The van der Waals surface area contributed by atoms with E-state index in [1.165, 1.54) is 39.9 Å². The van der Waals surface area contributed by atoms with Crippen molar-refractivity contribution in [3.63, 3.8) is 0 Å². The summed E-state index contributed by atoms with van der Waals surface area (Å²) in [5, 5.41) is 14.2. The van der Waals surface area contributed by atoms with Crippen LogP contribution in [-0.2, 0) is 34.5 Å². The average molecular weight is 491 g/mol. The first kappa shape index (κ1) is 24.0. The Morgan fingerprint density at radius 2 is 2.11 bits per heavy atom. The van der Waals surface area contributed by atoms with Gasteiger partial charge in [0, 0.05) is 30.0 Å². The zero-order valence-electron chi connectivity index (χ0n) is 21.8. The van der Waals surface area contributed by atoms with Crippen LogP contribution in [0.25, 0.3) is 0 Å². The van der Waals surface area contributed by atoms with E-state index in [0.29, 0.717) is 13.2 Å². The summed E-state index contributed by atoms with van der Waals surface area (Å²) in [4.78, 5) is 4.82. The van der Waals surface area contributed by atoms with Gasteiger partial charge < -0.3 is 19.9 Å². The van der Waals surface area contributed by atoms with Crippen LogP contribution in [0.2, 0.25) is 0 Å². The summed E-state index contributed by atoms with van der Waals surface area (Å²) in [5.74, 6) is 1.36. The van der Waals surface area contributed by atoms with Crippen molar-refractivity contribution in [2.45, 2.75) is 76.7 Å². The number of fused-ring (bicyclic) bond motifs is 2. The molecule has 4 aliphatic heterocycles. The molecule has 2 atom stereocenters. The number of aliphatic hydroxyl groups is 1. The summed E-state index contributed by atoms with van der Waals surface area (Å²) < 4.78 is 13.2. The van der Waals surface area contributed by atoms with Crippen molar-refractivity contribution in [2.24, 2.45) is 0 Å². The first-order valence-electron chi connectivity index (χ1n) is 13.7. The first-order valence-corrected chi connectivity index (χ1v) is 13.7. The van der Waals surface area contributed by atoms with Gasteiger partial charge in [-0.05, 0) is 69.2 Å². The molecule has 1 aromatic carbocycles. The third-order valence-corrected chi connectivity index (χ3v) is 9.10. The average Bonchev–Trinajstić information content (AvgIpc) is 3.06. The first-order chi connectivity index (χ1) is 17.4. The molecule has 0 bridgehead atoms. The number of rotatable bonds is 8. The fourth-order valence-corrected chi connectivity index (χ4v) is 7.41. The van der Waals surface area contributed by atoms with Crippen LogP contribution >= 0.6 is 0 Å². The number of unbranched alkanes of at least 4 members (excludes halogenated alkanes) is 2. The number of benzene rings is 1. The number of quaternary nitrogens is 1. The van der Waals surface area contributed by atoms with Crippen LogP contribution < -0.4 is 5.32 Å². The lowest BCUT2D eigenvalue weighted by atomic mass is 9.82. The number of aromatic nitrogens is 1. The molecule has 192 valence electrons. The summed E-state index contributed by atoms with van der Waals surface area (Å²) in [6.45, 7) is 13.4. The summed E-state index contributed by atoms with van der Waals surface area (Å²) in [7, 11) is 0. The molecule has 5 heterocycles. The Kier molecular flexibility index (Phi) is 6.09. The van der Waals surface area contributed by atoms with Crippen molar-refractivity contribution in [3.8, 4) is 0 Å². The fourth-order valence-electron chi connectivity index (χ4n) is 7.41. The largest absolute Gasteiger partial charge is 0.506 e. The highest BCUT2D eigenvalue weighted by Crippen LogP contribution is 2.60. The highest BCUT2D eigenvalue weighted by molar-refractivity contribution is 5.49. The summed E-state index contributed by atoms with van der Waals surface area (Å²) in [6.07, 6.45) is 6.94. The molecule has 6 nitrogen and oxygen atoms in total. The number of ether oxygens (including phenoxy) is 2. The normalized spacial score (nSPS) is 29.8. The van der Waals surface area contributed by atoms with E-state index in [-0.39, 0.29) is 23.4 Å². The second kappa shape index (κ2) is 9.16. The van der Waals surface area contributed by atoms with Crippen molar-refractivity contribution >= 4 is 5.82 Å². The quantitative estimate of drug-likeness (QED) is 0.301. The van der Waals surface area contributed by atoms with E-state index in [1.54, 1.807) is 0 Å².